The summed E-state index contributed by atoms with van der Waals surface area (Å²) in [6, 6.07) is 5.16. The Morgan fingerprint density at radius 1 is 1.10 bits per heavy atom. The molecule has 0 aliphatic carbocycles. The number of hydrogen-bond donors (Lipinski definition) is 2. The number of nitrogens with one attached hydrogen (secondary N) is 2. The quantitative estimate of drug-likeness (QED) is 0.679. The highest BCUT2D eigenvalue weighted by Crippen LogP contribution is 2.39. The Balaban J connectivity index is 1.55. The van der Waals surface area contributed by atoms with Crippen LogP contribution in [0.25, 0.3) is 0 Å². The predicted octanol–water partition coefficient (Wildman–Crippen LogP) is 3.44. The number of amides is 3. The smallest absolute Gasteiger partial charge is 0.317 e. The van der Waals surface area contributed by atoms with E-state index >= 15 is 0 Å². The van der Waals surface area contributed by atoms with Crippen LogP contribution in [-0.2, 0) is 0 Å². The lowest BCUT2D eigenvalue weighted by atomic mass is 10.0. The molecule has 2 heterocycles. The Kier molecular flexibility index (Phi) is 7.62. The summed E-state index contributed by atoms with van der Waals surface area (Å²) >= 11 is 1.50. The minimum Gasteiger partial charge on any atom is -0.493 e. The Labute approximate surface area is 186 Å². The molecule has 0 saturated carbocycles. The SMILES string of the molecule is COc1cc(C(C)NC(=O)N2CCC(NC(=O)c3ccsc3)CC2)cc(OC)c1OC. The monoisotopic (exact) mass is 447 g/mol. The molecule has 3 rings (SSSR count). The average molecular weight is 448 g/mol. The number of rotatable bonds is 7. The van der Waals surface area contributed by atoms with Gasteiger partial charge in [0.15, 0.2) is 11.5 Å². The maximum absolute atomic E-state index is 12.8. The number of thiophene rings is 1. The Bertz CT molecular complexity index is 870. The standard InChI is InChI=1S/C22H29N3O5S/c1-14(16-11-18(28-2)20(30-4)19(12-16)29-3)23-22(27)25-8-5-17(6-9-25)24-21(26)15-7-10-31-13-15/h7,10-14,17H,5-6,8-9H2,1-4H3,(H,23,27)(H,24,26). The lowest BCUT2D eigenvalue weighted by molar-refractivity contribution is 0.0918. The molecule has 1 fully saturated rings. The molecule has 3 amide bonds. The van der Waals surface area contributed by atoms with Gasteiger partial charge in [-0.25, -0.2) is 4.79 Å². The summed E-state index contributed by atoms with van der Waals surface area (Å²) in [5, 5.41) is 9.81. The van der Waals surface area contributed by atoms with Crippen molar-refractivity contribution in [2.24, 2.45) is 0 Å². The van der Waals surface area contributed by atoms with Gasteiger partial charge in [0.25, 0.3) is 5.91 Å². The van der Waals surface area contributed by atoms with Gasteiger partial charge in [-0.3, -0.25) is 4.79 Å². The number of methoxy groups -OCH3 is 3. The van der Waals surface area contributed by atoms with Gasteiger partial charge in [0.1, 0.15) is 0 Å². The van der Waals surface area contributed by atoms with Crippen LogP contribution in [0, 0.1) is 0 Å². The third-order valence-electron chi connectivity index (χ3n) is 5.43. The number of benzene rings is 1. The van der Waals surface area contributed by atoms with Gasteiger partial charge < -0.3 is 29.7 Å². The molecule has 1 unspecified atom stereocenters. The van der Waals surface area contributed by atoms with E-state index in [9.17, 15) is 9.59 Å². The second kappa shape index (κ2) is 10.4. The third-order valence-corrected chi connectivity index (χ3v) is 6.11. The molecule has 0 bridgehead atoms. The Morgan fingerprint density at radius 3 is 2.26 bits per heavy atom. The molecule has 2 aromatic rings. The van der Waals surface area contributed by atoms with E-state index in [1.165, 1.54) is 11.3 Å². The predicted molar refractivity (Wildman–Crippen MR) is 119 cm³/mol. The molecule has 1 aromatic heterocycles. The number of piperidine rings is 1. The van der Waals surface area contributed by atoms with E-state index in [-0.39, 0.29) is 24.0 Å². The highest BCUT2D eigenvalue weighted by Gasteiger charge is 2.26. The van der Waals surface area contributed by atoms with Crippen molar-refractivity contribution in [1.29, 1.82) is 0 Å². The number of likely N-dealkylation sites (tertiary alicyclic amines) is 1. The van der Waals surface area contributed by atoms with Crippen molar-refractivity contribution < 1.29 is 23.8 Å². The van der Waals surface area contributed by atoms with Crippen LogP contribution in [-0.4, -0.2) is 57.3 Å². The zero-order valence-electron chi connectivity index (χ0n) is 18.3. The highest BCUT2D eigenvalue weighted by molar-refractivity contribution is 7.08. The largest absolute Gasteiger partial charge is 0.493 e. The van der Waals surface area contributed by atoms with E-state index in [4.69, 9.17) is 14.2 Å². The lowest BCUT2D eigenvalue weighted by Gasteiger charge is -2.33. The van der Waals surface area contributed by atoms with Gasteiger partial charge in [0.2, 0.25) is 5.75 Å². The van der Waals surface area contributed by atoms with Crippen molar-refractivity contribution in [2.75, 3.05) is 34.4 Å². The molecular formula is C22H29N3O5S. The molecule has 168 valence electrons. The molecule has 9 heteroatoms. The molecule has 1 saturated heterocycles. The fourth-order valence-corrected chi connectivity index (χ4v) is 4.24. The van der Waals surface area contributed by atoms with E-state index in [0.717, 1.165) is 18.4 Å². The topological polar surface area (TPSA) is 89.1 Å². The summed E-state index contributed by atoms with van der Waals surface area (Å²) < 4.78 is 16.2. The number of carbonyl (C=O) groups excluding carboxylic acids is 2. The zero-order valence-corrected chi connectivity index (χ0v) is 19.1. The molecule has 0 spiro atoms. The van der Waals surface area contributed by atoms with E-state index in [0.29, 0.717) is 35.9 Å². The van der Waals surface area contributed by atoms with E-state index in [1.807, 2.05) is 35.9 Å². The maximum atomic E-state index is 12.8. The second-order valence-electron chi connectivity index (χ2n) is 7.38. The van der Waals surface area contributed by atoms with E-state index in [2.05, 4.69) is 10.6 Å². The van der Waals surface area contributed by atoms with Gasteiger partial charge in [-0.15, -0.1) is 0 Å². The molecule has 0 radical (unpaired) electrons. The third kappa shape index (κ3) is 5.41. The van der Waals surface area contributed by atoms with Gasteiger partial charge in [-0.05, 0) is 48.9 Å². The molecule has 1 atom stereocenters. The minimum absolute atomic E-state index is 0.0554. The lowest BCUT2D eigenvalue weighted by Crippen LogP contribution is -2.49. The van der Waals surface area contributed by atoms with Crippen LogP contribution in [0.3, 0.4) is 0 Å². The number of carbonyl (C=O) groups is 2. The number of nitrogens with zero attached hydrogens (tertiary/aromatic N) is 1. The Morgan fingerprint density at radius 2 is 1.74 bits per heavy atom. The van der Waals surface area contributed by atoms with Crippen molar-refractivity contribution in [3.63, 3.8) is 0 Å². The summed E-state index contributed by atoms with van der Waals surface area (Å²) in [6.07, 6.45) is 1.45. The van der Waals surface area contributed by atoms with Gasteiger partial charge in [-0.1, -0.05) is 0 Å². The first-order valence-electron chi connectivity index (χ1n) is 10.1. The first-order chi connectivity index (χ1) is 15.0. The van der Waals surface area contributed by atoms with Crippen molar-refractivity contribution in [2.45, 2.75) is 31.8 Å². The van der Waals surface area contributed by atoms with E-state index in [1.54, 1.807) is 26.2 Å². The van der Waals surface area contributed by atoms with Crippen molar-refractivity contribution in [1.82, 2.24) is 15.5 Å². The molecule has 31 heavy (non-hydrogen) atoms. The molecule has 1 aliphatic heterocycles. The molecule has 2 N–H and O–H groups in total. The van der Waals surface area contributed by atoms with E-state index < -0.39 is 0 Å². The van der Waals surface area contributed by atoms with Gasteiger partial charge in [0, 0.05) is 30.1 Å². The molecule has 8 nitrogen and oxygen atoms in total. The fourth-order valence-electron chi connectivity index (χ4n) is 3.60. The summed E-state index contributed by atoms with van der Waals surface area (Å²) in [5.41, 5.74) is 1.53. The van der Waals surface area contributed by atoms with Gasteiger partial charge >= 0.3 is 6.03 Å². The second-order valence-corrected chi connectivity index (χ2v) is 8.16. The van der Waals surface area contributed by atoms with Crippen LogP contribution in [0.15, 0.2) is 29.0 Å². The van der Waals surface area contributed by atoms with Crippen molar-refractivity contribution in [3.8, 4) is 17.2 Å². The average Bonchev–Trinajstić information content (AvgIpc) is 3.33. The number of hydrogen-bond acceptors (Lipinski definition) is 6. The van der Waals surface area contributed by atoms with Gasteiger partial charge in [-0.2, -0.15) is 11.3 Å². The highest BCUT2D eigenvalue weighted by atomic mass is 32.1. The fraction of sp³-hybridized carbons (Fsp3) is 0.455. The van der Waals surface area contributed by atoms with Gasteiger partial charge in [0.05, 0.1) is 27.4 Å². The first kappa shape index (κ1) is 22.7. The summed E-state index contributed by atoms with van der Waals surface area (Å²) in [4.78, 5) is 26.8. The maximum Gasteiger partial charge on any atom is 0.317 e. The van der Waals surface area contributed by atoms with Crippen molar-refractivity contribution in [3.05, 3.63) is 40.1 Å². The molecule has 1 aliphatic rings. The minimum atomic E-state index is -0.253. The van der Waals surface area contributed by atoms with Crippen LogP contribution < -0.4 is 24.8 Å². The van der Waals surface area contributed by atoms with Crippen LogP contribution in [0.5, 0.6) is 17.2 Å². The summed E-state index contributed by atoms with van der Waals surface area (Å²) in [5.74, 6) is 1.54. The normalized spacial score (nSPS) is 15.2. The summed E-state index contributed by atoms with van der Waals surface area (Å²) in [7, 11) is 4.68. The number of ether oxygens (including phenoxy) is 3. The zero-order chi connectivity index (χ0) is 22.4. The van der Waals surface area contributed by atoms with Crippen LogP contribution in [0.1, 0.15) is 41.7 Å². The van der Waals surface area contributed by atoms with Crippen LogP contribution in [0.4, 0.5) is 4.79 Å². The number of urea groups is 1. The Hall–Kier alpha value is -2.94. The first-order valence-corrected chi connectivity index (χ1v) is 11.1. The molecule has 1 aromatic carbocycles. The van der Waals surface area contributed by atoms with Crippen LogP contribution in [0.2, 0.25) is 0 Å². The summed E-state index contributed by atoms with van der Waals surface area (Å²) in [6.45, 7) is 3.08. The molecular weight excluding hydrogens is 418 g/mol. The van der Waals surface area contributed by atoms with Crippen LogP contribution >= 0.6 is 11.3 Å². The van der Waals surface area contributed by atoms with Crippen molar-refractivity contribution >= 4 is 23.3 Å².